The average Bonchev–Trinajstić information content (AvgIpc) is 2.21. The Balaban J connectivity index is 0.000000140. The van der Waals surface area contributed by atoms with Crippen molar-refractivity contribution >= 4 is 0 Å². The van der Waals surface area contributed by atoms with E-state index in [0.29, 0.717) is 0 Å². The molecule has 78 valence electrons. The third kappa shape index (κ3) is 5.00. The Morgan fingerprint density at radius 3 is 2.14 bits per heavy atom. The van der Waals surface area contributed by atoms with Crippen molar-refractivity contribution in [2.24, 2.45) is 5.92 Å². The Morgan fingerprint density at radius 1 is 1.14 bits per heavy atom. The van der Waals surface area contributed by atoms with Crippen molar-refractivity contribution in [1.29, 1.82) is 0 Å². The predicted molar refractivity (Wildman–Crippen MR) is 61.2 cm³/mol. The van der Waals surface area contributed by atoms with Crippen LogP contribution in [0.1, 0.15) is 44.7 Å². The fourth-order valence-electron chi connectivity index (χ4n) is 1.75. The van der Waals surface area contributed by atoms with Crippen molar-refractivity contribution in [3.8, 4) is 0 Å². The van der Waals surface area contributed by atoms with Crippen molar-refractivity contribution < 1.29 is 0 Å². The van der Waals surface area contributed by atoms with Crippen LogP contribution >= 0.6 is 0 Å². The molecule has 14 heavy (non-hydrogen) atoms. The Kier molecular flexibility index (Phi) is 5.28. The van der Waals surface area contributed by atoms with Crippen molar-refractivity contribution in [2.45, 2.75) is 46.0 Å². The van der Waals surface area contributed by atoms with Crippen LogP contribution in [0.5, 0.6) is 0 Å². The van der Waals surface area contributed by atoms with Crippen molar-refractivity contribution in [2.75, 3.05) is 0 Å². The Hall–Kier alpha value is -0.850. The van der Waals surface area contributed by atoms with E-state index in [4.69, 9.17) is 0 Å². The summed E-state index contributed by atoms with van der Waals surface area (Å²) in [6.07, 6.45) is 9.22. The summed E-state index contributed by atoms with van der Waals surface area (Å²) >= 11 is 0. The van der Waals surface area contributed by atoms with Gasteiger partial charge in [0.05, 0.1) is 0 Å². The molecule has 0 spiro atoms. The second kappa shape index (κ2) is 6.58. The average molecular weight is 191 g/mol. The van der Waals surface area contributed by atoms with Gasteiger partial charge in [-0.15, -0.1) is 0 Å². The molecule has 0 radical (unpaired) electrons. The summed E-state index contributed by atoms with van der Waals surface area (Å²) in [5, 5.41) is 0. The van der Waals surface area contributed by atoms with Gasteiger partial charge in [0.25, 0.3) is 0 Å². The van der Waals surface area contributed by atoms with Crippen molar-refractivity contribution in [3.63, 3.8) is 0 Å². The minimum atomic E-state index is 1.04. The molecule has 0 saturated heterocycles. The monoisotopic (exact) mass is 191 g/mol. The number of nitrogens with zero attached hydrogens (tertiary/aromatic N) is 1. The molecule has 0 N–H and O–H groups in total. The highest BCUT2D eigenvalue weighted by Gasteiger charge is 2.05. The lowest BCUT2D eigenvalue weighted by molar-refractivity contribution is 0.385. The highest BCUT2D eigenvalue weighted by Crippen LogP contribution is 2.22. The van der Waals surface area contributed by atoms with Gasteiger partial charge >= 0.3 is 0 Å². The zero-order valence-corrected chi connectivity index (χ0v) is 9.37. The van der Waals surface area contributed by atoms with Gasteiger partial charge in [-0.2, -0.15) is 0 Å². The van der Waals surface area contributed by atoms with E-state index in [1.165, 1.54) is 32.1 Å². The molecule has 1 aliphatic rings. The number of hydrogen-bond donors (Lipinski definition) is 0. The number of rotatable bonds is 0. The van der Waals surface area contributed by atoms with E-state index in [1.54, 1.807) is 6.20 Å². The molecule has 1 nitrogen and oxygen atoms in total. The lowest BCUT2D eigenvalue weighted by atomic mass is 9.91. The van der Waals surface area contributed by atoms with Crippen LogP contribution < -0.4 is 0 Å². The van der Waals surface area contributed by atoms with Crippen LogP contribution in [0, 0.1) is 12.8 Å². The standard InChI is InChI=1S/C7H14.C6H7N/c1-7-5-3-2-4-6-7;1-6-4-2-3-5-7-6/h7H,2-6H2,1H3;2-5H,1H3. The largest absolute Gasteiger partial charge is 0.262 e. The van der Waals surface area contributed by atoms with Crippen LogP contribution in [0.4, 0.5) is 0 Å². The van der Waals surface area contributed by atoms with Crippen molar-refractivity contribution in [3.05, 3.63) is 30.1 Å². The second-order valence-corrected chi connectivity index (χ2v) is 4.21. The Bertz CT molecular complexity index is 224. The first kappa shape index (κ1) is 11.2. The number of pyridine rings is 1. The van der Waals surface area contributed by atoms with Crippen LogP contribution in [-0.2, 0) is 0 Å². The Labute approximate surface area is 87.6 Å². The first-order chi connectivity index (χ1) is 6.79. The van der Waals surface area contributed by atoms with Gasteiger partial charge in [-0.3, -0.25) is 4.98 Å². The van der Waals surface area contributed by atoms with Crippen molar-refractivity contribution in [1.82, 2.24) is 4.98 Å². The minimum Gasteiger partial charge on any atom is -0.262 e. The molecule has 1 fully saturated rings. The van der Waals surface area contributed by atoms with Gasteiger partial charge in [0.1, 0.15) is 0 Å². The zero-order chi connectivity index (χ0) is 10.2. The smallest absolute Gasteiger partial charge is 0.0372 e. The normalized spacial score (nSPS) is 17.0. The summed E-state index contributed by atoms with van der Waals surface area (Å²) in [4.78, 5) is 3.98. The van der Waals surface area contributed by atoms with Gasteiger partial charge in [-0.25, -0.2) is 0 Å². The van der Waals surface area contributed by atoms with Crippen LogP contribution in [0.2, 0.25) is 0 Å². The van der Waals surface area contributed by atoms with Gasteiger partial charge in [0.15, 0.2) is 0 Å². The molecular formula is C13H21N. The highest BCUT2D eigenvalue weighted by molar-refractivity contribution is 4.99. The first-order valence-electron chi connectivity index (χ1n) is 5.66. The summed E-state index contributed by atoms with van der Waals surface area (Å²) in [7, 11) is 0. The van der Waals surface area contributed by atoms with Gasteiger partial charge in [0, 0.05) is 11.9 Å². The topological polar surface area (TPSA) is 12.9 Å². The van der Waals surface area contributed by atoms with Gasteiger partial charge in [-0.05, 0) is 25.0 Å². The maximum Gasteiger partial charge on any atom is 0.0372 e. The van der Waals surface area contributed by atoms with E-state index in [1.807, 2.05) is 25.1 Å². The summed E-state index contributed by atoms with van der Waals surface area (Å²) in [6.45, 7) is 4.33. The molecule has 0 atom stereocenters. The van der Waals surface area contributed by atoms with Gasteiger partial charge in [-0.1, -0.05) is 45.1 Å². The maximum absolute atomic E-state index is 3.98. The molecule has 1 aliphatic carbocycles. The lowest BCUT2D eigenvalue weighted by Gasteiger charge is -2.15. The van der Waals surface area contributed by atoms with E-state index in [0.717, 1.165) is 11.6 Å². The number of aryl methyl sites for hydroxylation is 1. The maximum atomic E-state index is 3.98. The summed E-state index contributed by atoms with van der Waals surface area (Å²) in [6, 6.07) is 5.86. The first-order valence-corrected chi connectivity index (χ1v) is 5.66. The second-order valence-electron chi connectivity index (χ2n) is 4.21. The predicted octanol–water partition coefficient (Wildman–Crippen LogP) is 3.98. The molecule has 1 aromatic rings. The fourth-order valence-corrected chi connectivity index (χ4v) is 1.75. The molecule has 0 amide bonds. The molecule has 0 unspecified atom stereocenters. The molecule has 0 aliphatic heterocycles. The zero-order valence-electron chi connectivity index (χ0n) is 9.37. The summed E-state index contributed by atoms with van der Waals surface area (Å²) < 4.78 is 0. The third-order valence-corrected chi connectivity index (χ3v) is 2.71. The fraction of sp³-hybridized carbons (Fsp3) is 0.615. The minimum absolute atomic E-state index is 1.04. The number of aromatic nitrogens is 1. The van der Waals surface area contributed by atoms with Gasteiger partial charge in [0.2, 0.25) is 0 Å². The summed E-state index contributed by atoms with van der Waals surface area (Å²) in [5.41, 5.74) is 1.07. The molecule has 0 aromatic carbocycles. The van der Waals surface area contributed by atoms with E-state index in [2.05, 4.69) is 11.9 Å². The molecule has 0 bridgehead atoms. The molecule has 2 rings (SSSR count). The molecule has 1 heterocycles. The molecular weight excluding hydrogens is 170 g/mol. The SMILES string of the molecule is CC1CCCCC1.Cc1ccccn1. The lowest BCUT2D eigenvalue weighted by Crippen LogP contribution is -1.99. The molecule has 1 heteroatoms. The molecule has 1 saturated carbocycles. The van der Waals surface area contributed by atoms with E-state index in [9.17, 15) is 0 Å². The van der Waals surface area contributed by atoms with Crippen LogP contribution in [0.3, 0.4) is 0 Å². The Morgan fingerprint density at radius 2 is 1.86 bits per heavy atom. The molecule has 1 aromatic heterocycles. The van der Waals surface area contributed by atoms with Gasteiger partial charge < -0.3 is 0 Å². The van der Waals surface area contributed by atoms with Crippen LogP contribution in [0.25, 0.3) is 0 Å². The van der Waals surface area contributed by atoms with E-state index in [-0.39, 0.29) is 0 Å². The number of hydrogen-bond acceptors (Lipinski definition) is 1. The van der Waals surface area contributed by atoms with E-state index >= 15 is 0 Å². The third-order valence-electron chi connectivity index (χ3n) is 2.71. The highest BCUT2D eigenvalue weighted by atomic mass is 14.6. The van der Waals surface area contributed by atoms with Crippen LogP contribution in [0.15, 0.2) is 24.4 Å². The van der Waals surface area contributed by atoms with Crippen LogP contribution in [-0.4, -0.2) is 4.98 Å². The quantitative estimate of drug-likeness (QED) is 0.604. The summed E-state index contributed by atoms with van der Waals surface area (Å²) in [5.74, 6) is 1.04. The van der Waals surface area contributed by atoms with E-state index < -0.39 is 0 Å².